The summed E-state index contributed by atoms with van der Waals surface area (Å²) in [6.07, 6.45) is -1.59. The van der Waals surface area contributed by atoms with Crippen LogP contribution in [-0.2, 0) is 4.79 Å². The van der Waals surface area contributed by atoms with E-state index in [2.05, 4.69) is 5.32 Å². The van der Waals surface area contributed by atoms with Gasteiger partial charge in [0.2, 0.25) is 0 Å². The van der Waals surface area contributed by atoms with E-state index in [9.17, 15) is 9.59 Å². The molecule has 1 amide bonds. The number of ether oxygens (including phenoxy) is 1. The molecule has 16 heavy (non-hydrogen) atoms. The average Bonchev–Trinajstić information content (AvgIpc) is 2.73. The molecule has 88 valence electrons. The van der Waals surface area contributed by atoms with Gasteiger partial charge in [-0.1, -0.05) is 0 Å². The summed E-state index contributed by atoms with van der Waals surface area (Å²) in [6, 6.07) is 1.53. The summed E-state index contributed by atoms with van der Waals surface area (Å²) in [7, 11) is 1.48. The Kier molecular flexibility index (Phi) is 4.27. The van der Waals surface area contributed by atoms with Crippen LogP contribution in [-0.4, -0.2) is 41.8 Å². The molecule has 0 bridgehead atoms. The summed E-state index contributed by atoms with van der Waals surface area (Å²) < 4.78 is 4.90. The molecule has 0 fully saturated rings. The highest BCUT2D eigenvalue weighted by Crippen LogP contribution is 2.20. The fourth-order valence-corrected chi connectivity index (χ4v) is 1.68. The number of carboxylic acids is 1. The van der Waals surface area contributed by atoms with Gasteiger partial charge in [0, 0.05) is 11.4 Å². The molecule has 0 radical (unpaired) electrons. The molecule has 0 spiro atoms. The van der Waals surface area contributed by atoms with E-state index in [1.54, 1.807) is 5.38 Å². The molecule has 1 atom stereocenters. The minimum atomic E-state index is -1.59. The maximum absolute atomic E-state index is 11.4. The first kappa shape index (κ1) is 12.5. The van der Waals surface area contributed by atoms with Crippen LogP contribution in [0.3, 0.4) is 0 Å². The number of methoxy groups -OCH3 is 1. The van der Waals surface area contributed by atoms with E-state index in [0.29, 0.717) is 10.6 Å². The van der Waals surface area contributed by atoms with Crippen molar-refractivity contribution in [3.05, 3.63) is 16.3 Å². The Morgan fingerprint density at radius 3 is 2.81 bits per heavy atom. The molecule has 3 N–H and O–H groups in total. The van der Waals surface area contributed by atoms with Gasteiger partial charge in [0.05, 0.1) is 18.5 Å². The van der Waals surface area contributed by atoms with Crippen molar-refractivity contribution < 1.29 is 24.5 Å². The van der Waals surface area contributed by atoms with Gasteiger partial charge in [-0.15, -0.1) is 11.3 Å². The number of aliphatic hydroxyl groups is 1. The van der Waals surface area contributed by atoms with Gasteiger partial charge in [0.15, 0.2) is 6.10 Å². The largest absolute Gasteiger partial charge is 0.496 e. The smallest absolute Gasteiger partial charge is 0.334 e. The number of aliphatic hydroxyl groups excluding tert-OH is 1. The molecule has 0 unspecified atom stereocenters. The number of aliphatic carboxylic acids is 1. The van der Waals surface area contributed by atoms with Crippen molar-refractivity contribution in [2.75, 3.05) is 13.7 Å². The Morgan fingerprint density at radius 2 is 2.31 bits per heavy atom. The van der Waals surface area contributed by atoms with Crippen molar-refractivity contribution in [1.29, 1.82) is 0 Å². The minimum absolute atomic E-state index is 0.325. The molecule has 1 aromatic heterocycles. The molecule has 1 aromatic rings. The lowest BCUT2D eigenvalue weighted by Crippen LogP contribution is -2.36. The number of carboxylic acid groups (broad SMARTS) is 1. The molecule has 1 heterocycles. The first-order valence-electron chi connectivity index (χ1n) is 4.36. The summed E-state index contributed by atoms with van der Waals surface area (Å²) in [6.45, 7) is -0.325. The number of hydrogen-bond acceptors (Lipinski definition) is 5. The monoisotopic (exact) mass is 245 g/mol. The molecule has 0 aromatic carbocycles. The summed E-state index contributed by atoms with van der Waals surface area (Å²) >= 11 is 1.18. The number of carbonyl (C=O) groups excluding carboxylic acids is 1. The fraction of sp³-hybridized carbons (Fsp3) is 0.333. The molecule has 1 rings (SSSR count). The van der Waals surface area contributed by atoms with Gasteiger partial charge in [-0.25, -0.2) is 4.79 Å². The average molecular weight is 245 g/mol. The van der Waals surface area contributed by atoms with E-state index in [-0.39, 0.29) is 6.54 Å². The van der Waals surface area contributed by atoms with Crippen LogP contribution in [0.5, 0.6) is 5.75 Å². The third kappa shape index (κ3) is 3.21. The molecule has 6 nitrogen and oxygen atoms in total. The Bertz CT molecular complexity index is 389. The second-order valence-electron chi connectivity index (χ2n) is 2.91. The third-order valence-corrected chi connectivity index (χ3v) is 2.68. The zero-order chi connectivity index (χ0) is 12.1. The van der Waals surface area contributed by atoms with Gasteiger partial charge < -0.3 is 20.3 Å². The van der Waals surface area contributed by atoms with Gasteiger partial charge in [-0.3, -0.25) is 4.79 Å². The van der Waals surface area contributed by atoms with Crippen molar-refractivity contribution in [2.45, 2.75) is 6.10 Å². The molecule has 0 aliphatic carbocycles. The van der Waals surface area contributed by atoms with Crippen LogP contribution < -0.4 is 10.1 Å². The summed E-state index contributed by atoms with van der Waals surface area (Å²) in [5.41, 5.74) is 0. The van der Waals surface area contributed by atoms with Crippen molar-refractivity contribution in [1.82, 2.24) is 5.32 Å². The van der Waals surface area contributed by atoms with Gasteiger partial charge in [-0.2, -0.15) is 0 Å². The van der Waals surface area contributed by atoms with Crippen LogP contribution >= 0.6 is 11.3 Å². The van der Waals surface area contributed by atoms with Crippen molar-refractivity contribution in [3.63, 3.8) is 0 Å². The van der Waals surface area contributed by atoms with Crippen molar-refractivity contribution in [2.24, 2.45) is 0 Å². The molecule has 0 aliphatic rings. The first-order valence-corrected chi connectivity index (χ1v) is 5.24. The zero-order valence-electron chi connectivity index (χ0n) is 8.47. The summed E-state index contributed by atoms with van der Waals surface area (Å²) in [5, 5.41) is 21.3. The molecular formula is C9H11NO5S. The highest BCUT2D eigenvalue weighted by atomic mass is 32.1. The maximum atomic E-state index is 11.4. The lowest BCUT2D eigenvalue weighted by molar-refractivity contribution is -0.146. The van der Waals surface area contributed by atoms with E-state index in [1.165, 1.54) is 24.5 Å². The van der Waals surface area contributed by atoms with Crippen LogP contribution in [0.25, 0.3) is 0 Å². The molecule has 0 saturated carbocycles. The molecule has 0 saturated heterocycles. The lowest BCUT2D eigenvalue weighted by Gasteiger charge is -2.06. The fourth-order valence-electron chi connectivity index (χ4n) is 0.909. The van der Waals surface area contributed by atoms with Crippen LogP contribution in [0.1, 0.15) is 9.67 Å². The third-order valence-electron chi connectivity index (χ3n) is 1.78. The Balaban J connectivity index is 2.49. The highest BCUT2D eigenvalue weighted by Gasteiger charge is 2.15. The lowest BCUT2D eigenvalue weighted by atomic mass is 10.3. The van der Waals surface area contributed by atoms with Crippen LogP contribution in [0.15, 0.2) is 11.4 Å². The summed E-state index contributed by atoms with van der Waals surface area (Å²) in [5.74, 6) is -1.24. The second kappa shape index (κ2) is 5.47. The predicted octanol–water partition coefficient (Wildman–Crippen LogP) is -0.0680. The Hall–Kier alpha value is -1.60. The highest BCUT2D eigenvalue weighted by molar-refractivity contribution is 7.12. The number of carbonyl (C=O) groups is 2. The number of hydrogen-bond donors (Lipinski definition) is 3. The van der Waals surface area contributed by atoms with Gasteiger partial charge in [0.25, 0.3) is 5.91 Å². The molecule has 7 heteroatoms. The number of rotatable bonds is 5. The second-order valence-corrected chi connectivity index (χ2v) is 3.83. The maximum Gasteiger partial charge on any atom is 0.334 e. The SMILES string of the molecule is COc1csc(C(=O)NC[C@H](O)C(=O)O)c1. The van der Waals surface area contributed by atoms with Crippen molar-refractivity contribution in [3.8, 4) is 5.75 Å². The first-order chi connectivity index (χ1) is 7.54. The topological polar surface area (TPSA) is 95.9 Å². The number of amides is 1. The van der Waals surface area contributed by atoms with E-state index in [1.807, 2.05) is 0 Å². The minimum Gasteiger partial charge on any atom is -0.496 e. The number of thiophene rings is 1. The van der Waals surface area contributed by atoms with E-state index < -0.39 is 18.0 Å². The predicted molar refractivity (Wildman–Crippen MR) is 56.8 cm³/mol. The zero-order valence-corrected chi connectivity index (χ0v) is 9.28. The molecular weight excluding hydrogens is 234 g/mol. The van der Waals surface area contributed by atoms with E-state index in [0.717, 1.165) is 0 Å². The Labute approximate surface area is 95.5 Å². The molecule has 0 aliphatic heterocycles. The van der Waals surface area contributed by atoms with Crippen molar-refractivity contribution >= 4 is 23.2 Å². The van der Waals surface area contributed by atoms with Gasteiger partial charge in [-0.05, 0) is 0 Å². The quantitative estimate of drug-likeness (QED) is 0.675. The van der Waals surface area contributed by atoms with E-state index >= 15 is 0 Å². The van der Waals surface area contributed by atoms with Crippen LogP contribution in [0.2, 0.25) is 0 Å². The van der Waals surface area contributed by atoms with E-state index in [4.69, 9.17) is 14.9 Å². The van der Waals surface area contributed by atoms with Crippen LogP contribution in [0.4, 0.5) is 0 Å². The normalized spacial score (nSPS) is 11.9. The van der Waals surface area contributed by atoms with Crippen LogP contribution in [0, 0.1) is 0 Å². The van der Waals surface area contributed by atoms with Gasteiger partial charge in [0.1, 0.15) is 5.75 Å². The summed E-state index contributed by atoms with van der Waals surface area (Å²) in [4.78, 5) is 22.1. The standard InChI is InChI=1S/C9H11NO5S/c1-15-5-2-7(16-4-5)8(12)10-3-6(11)9(13)14/h2,4,6,11H,3H2,1H3,(H,10,12)(H,13,14)/t6-/m0/s1. The number of nitrogens with one attached hydrogen (secondary N) is 1. The van der Waals surface area contributed by atoms with Gasteiger partial charge >= 0.3 is 5.97 Å². The Morgan fingerprint density at radius 1 is 1.62 bits per heavy atom.